The highest BCUT2D eigenvalue weighted by Crippen LogP contribution is 2.28. The molecule has 0 bridgehead atoms. The maximum absolute atomic E-state index is 13.3. The Labute approximate surface area is 81.7 Å². The van der Waals surface area contributed by atoms with E-state index in [2.05, 4.69) is 0 Å². The quantitative estimate of drug-likeness (QED) is 0.682. The van der Waals surface area contributed by atoms with Gasteiger partial charge in [-0.3, -0.25) is 0 Å². The SMILES string of the molecule is CCC(C)(C=O)c1cccc(F)c1F. The zero-order chi connectivity index (χ0) is 10.8. The Balaban J connectivity index is 3.31. The predicted octanol–water partition coefficient (Wildman–Crippen LogP) is 2.83. The van der Waals surface area contributed by atoms with E-state index in [1.54, 1.807) is 13.8 Å². The molecule has 0 amide bonds. The number of benzene rings is 1. The van der Waals surface area contributed by atoms with E-state index in [1.807, 2.05) is 0 Å². The topological polar surface area (TPSA) is 17.1 Å². The van der Waals surface area contributed by atoms with Crippen LogP contribution in [0.3, 0.4) is 0 Å². The lowest BCUT2D eigenvalue weighted by atomic mass is 9.81. The standard InChI is InChI=1S/C11H12F2O/c1-3-11(2,7-14)8-5-4-6-9(12)10(8)13/h4-7H,3H2,1-2H3. The molecule has 0 aliphatic heterocycles. The van der Waals surface area contributed by atoms with Crippen LogP contribution in [0.1, 0.15) is 25.8 Å². The van der Waals surface area contributed by atoms with Gasteiger partial charge in [-0.2, -0.15) is 0 Å². The molecule has 0 aromatic heterocycles. The molecule has 14 heavy (non-hydrogen) atoms. The number of carbonyl (C=O) groups is 1. The van der Waals surface area contributed by atoms with Crippen molar-refractivity contribution in [2.24, 2.45) is 0 Å². The van der Waals surface area contributed by atoms with Crippen LogP contribution in [0.25, 0.3) is 0 Å². The van der Waals surface area contributed by atoms with Gasteiger partial charge in [-0.05, 0) is 19.4 Å². The zero-order valence-electron chi connectivity index (χ0n) is 8.18. The van der Waals surface area contributed by atoms with E-state index in [9.17, 15) is 13.6 Å². The van der Waals surface area contributed by atoms with E-state index in [0.717, 1.165) is 6.07 Å². The summed E-state index contributed by atoms with van der Waals surface area (Å²) in [5.74, 6) is -1.84. The van der Waals surface area contributed by atoms with Crippen molar-refractivity contribution in [2.75, 3.05) is 0 Å². The van der Waals surface area contributed by atoms with Gasteiger partial charge >= 0.3 is 0 Å². The van der Waals surface area contributed by atoms with Gasteiger partial charge in [0, 0.05) is 5.56 Å². The second kappa shape index (κ2) is 3.86. The van der Waals surface area contributed by atoms with Gasteiger partial charge in [0.25, 0.3) is 0 Å². The van der Waals surface area contributed by atoms with Crippen LogP contribution in [0.15, 0.2) is 18.2 Å². The van der Waals surface area contributed by atoms with Gasteiger partial charge in [0.1, 0.15) is 6.29 Å². The van der Waals surface area contributed by atoms with Gasteiger partial charge < -0.3 is 4.79 Å². The average Bonchev–Trinajstić information content (AvgIpc) is 2.21. The van der Waals surface area contributed by atoms with Gasteiger partial charge in [-0.15, -0.1) is 0 Å². The van der Waals surface area contributed by atoms with Crippen molar-refractivity contribution < 1.29 is 13.6 Å². The van der Waals surface area contributed by atoms with Gasteiger partial charge in [0.05, 0.1) is 5.41 Å². The van der Waals surface area contributed by atoms with E-state index in [4.69, 9.17) is 0 Å². The van der Waals surface area contributed by atoms with Crippen LogP contribution in [0.5, 0.6) is 0 Å². The first kappa shape index (κ1) is 10.8. The molecule has 1 aromatic rings. The minimum Gasteiger partial charge on any atom is -0.302 e. The predicted molar refractivity (Wildman–Crippen MR) is 50.1 cm³/mol. The Morgan fingerprint density at radius 2 is 2.07 bits per heavy atom. The van der Waals surface area contributed by atoms with E-state index in [1.165, 1.54) is 12.1 Å². The van der Waals surface area contributed by atoms with Crippen molar-refractivity contribution in [1.29, 1.82) is 0 Å². The highest BCUT2D eigenvalue weighted by atomic mass is 19.2. The molecular formula is C11H12F2O. The normalized spacial score (nSPS) is 14.9. The van der Waals surface area contributed by atoms with E-state index in [-0.39, 0.29) is 5.56 Å². The van der Waals surface area contributed by atoms with Crippen molar-refractivity contribution in [1.82, 2.24) is 0 Å². The number of hydrogen-bond acceptors (Lipinski definition) is 1. The lowest BCUT2D eigenvalue weighted by Gasteiger charge is -2.21. The number of carbonyl (C=O) groups excluding carboxylic acids is 1. The summed E-state index contributed by atoms with van der Waals surface area (Å²) in [5, 5.41) is 0. The largest absolute Gasteiger partial charge is 0.302 e. The molecule has 0 aliphatic rings. The number of rotatable bonds is 3. The molecule has 3 heteroatoms. The first-order chi connectivity index (χ1) is 6.55. The molecular weight excluding hydrogens is 186 g/mol. The third-order valence-corrected chi connectivity index (χ3v) is 2.56. The van der Waals surface area contributed by atoms with Crippen LogP contribution in [0.2, 0.25) is 0 Å². The summed E-state index contributed by atoms with van der Waals surface area (Å²) in [6.07, 6.45) is 1.10. The number of hydrogen-bond donors (Lipinski definition) is 0. The van der Waals surface area contributed by atoms with Gasteiger partial charge in [-0.25, -0.2) is 8.78 Å². The molecule has 0 N–H and O–H groups in total. The Morgan fingerprint density at radius 1 is 1.43 bits per heavy atom. The van der Waals surface area contributed by atoms with E-state index < -0.39 is 17.0 Å². The fourth-order valence-corrected chi connectivity index (χ4v) is 1.28. The third kappa shape index (κ3) is 1.67. The summed E-state index contributed by atoms with van der Waals surface area (Å²) in [6, 6.07) is 3.89. The van der Waals surface area contributed by atoms with Gasteiger partial charge in [-0.1, -0.05) is 19.1 Å². The zero-order valence-corrected chi connectivity index (χ0v) is 8.18. The first-order valence-electron chi connectivity index (χ1n) is 4.46. The fraction of sp³-hybridized carbons (Fsp3) is 0.364. The molecule has 0 saturated carbocycles. The van der Waals surface area contributed by atoms with Gasteiger partial charge in [0.15, 0.2) is 11.6 Å². The van der Waals surface area contributed by atoms with Crippen LogP contribution >= 0.6 is 0 Å². The smallest absolute Gasteiger partial charge is 0.163 e. The van der Waals surface area contributed by atoms with Crippen LogP contribution in [0, 0.1) is 11.6 Å². The van der Waals surface area contributed by atoms with Crippen molar-refractivity contribution in [3.05, 3.63) is 35.4 Å². The molecule has 76 valence electrons. The monoisotopic (exact) mass is 198 g/mol. The second-order valence-electron chi connectivity index (χ2n) is 3.49. The minimum atomic E-state index is -0.938. The summed E-state index contributed by atoms with van der Waals surface area (Å²) in [5.41, 5.74) is -0.818. The van der Waals surface area contributed by atoms with Crippen molar-refractivity contribution >= 4 is 6.29 Å². The Morgan fingerprint density at radius 3 is 2.57 bits per heavy atom. The fourth-order valence-electron chi connectivity index (χ4n) is 1.28. The van der Waals surface area contributed by atoms with Crippen molar-refractivity contribution in [2.45, 2.75) is 25.7 Å². The molecule has 0 radical (unpaired) electrons. The summed E-state index contributed by atoms with van der Waals surface area (Å²) in [4.78, 5) is 10.8. The molecule has 1 rings (SSSR count). The maximum atomic E-state index is 13.3. The highest BCUT2D eigenvalue weighted by molar-refractivity contribution is 5.67. The molecule has 1 unspecified atom stereocenters. The van der Waals surface area contributed by atoms with Crippen molar-refractivity contribution in [3.63, 3.8) is 0 Å². The molecule has 1 nitrogen and oxygen atoms in total. The summed E-state index contributed by atoms with van der Waals surface area (Å²) < 4.78 is 26.2. The molecule has 1 aromatic carbocycles. The minimum absolute atomic E-state index is 0.120. The van der Waals surface area contributed by atoms with Crippen LogP contribution < -0.4 is 0 Å². The number of aldehydes is 1. The summed E-state index contributed by atoms with van der Waals surface area (Å²) in [7, 11) is 0. The van der Waals surface area contributed by atoms with Gasteiger partial charge in [0.2, 0.25) is 0 Å². The summed E-state index contributed by atoms with van der Waals surface area (Å²) >= 11 is 0. The maximum Gasteiger partial charge on any atom is 0.163 e. The average molecular weight is 198 g/mol. The highest BCUT2D eigenvalue weighted by Gasteiger charge is 2.28. The van der Waals surface area contributed by atoms with Crippen molar-refractivity contribution in [3.8, 4) is 0 Å². The molecule has 0 saturated heterocycles. The van der Waals surface area contributed by atoms with Crippen LogP contribution in [-0.4, -0.2) is 6.29 Å². The number of halogens is 2. The lowest BCUT2D eigenvalue weighted by molar-refractivity contribution is -0.112. The molecule has 1 atom stereocenters. The van der Waals surface area contributed by atoms with Crippen LogP contribution in [-0.2, 0) is 10.2 Å². The summed E-state index contributed by atoms with van der Waals surface area (Å²) in [6.45, 7) is 3.36. The van der Waals surface area contributed by atoms with Crippen LogP contribution in [0.4, 0.5) is 8.78 Å². The molecule has 0 aliphatic carbocycles. The third-order valence-electron chi connectivity index (χ3n) is 2.56. The molecule has 0 fully saturated rings. The molecule has 0 spiro atoms. The lowest BCUT2D eigenvalue weighted by Crippen LogP contribution is -2.24. The van der Waals surface area contributed by atoms with E-state index in [0.29, 0.717) is 12.7 Å². The second-order valence-corrected chi connectivity index (χ2v) is 3.49. The molecule has 0 heterocycles. The Kier molecular flexibility index (Phi) is 2.99. The van der Waals surface area contributed by atoms with E-state index >= 15 is 0 Å². The first-order valence-corrected chi connectivity index (χ1v) is 4.46. The Bertz CT molecular complexity index is 349. The Hall–Kier alpha value is -1.25.